The summed E-state index contributed by atoms with van der Waals surface area (Å²) < 4.78 is 10.9. The second-order valence-corrected chi connectivity index (χ2v) is 5.17. The predicted molar refractivity (Wildman–Crippen MR) is 84.7 cm³/mol. The first-order valence-corrected chi connectivity index (χ1v) is 7.53. The van der Waals surface area contributed by atoms with Gasteiger partial charge >= 0.3 is 0 Å². The van der Waals surface area contributed by atoms with Gasteiger partial charge in [-0.2, -0.15) is 0 Å². The molecule has 0 spiro atoms. The molecule has 1 heterocycles. The number of hydrogen-bond acceptors (Lipinski definition) is 4. The number of ether oxygens (including phenoxy) is 2. The average Bonchev–Trinajstić information content (AvgIpc) is 2.99. The molecular weight excluding hydrogens is 288 g/mol. The maximum absolute atomic E-state index is 12.1. The Labute approximate surface area is 130 Å². The lowest BCUT2D eigenvalue weighted by Gasteiger charge is -2.13. The minimum Gasteiger partial charge on any atom is -0.494 e. The minimum absolute atomic E-state index is 0.182. The molecule has 1 saturated heterocycles. The lowest BCUT2D eigenvalue weighted by molar-refractivity contribution is 0.0972. The highest BCUT2D eigenvalue weighted by Gasteiger charge is 2.16. The van der Waals surface area contributed by atoms with Gasteiger partial charge in [-0.3, -0.25) is 10.1 Å². The molecule has 5 nitrogen and oxygen atoms in total. The van der Waals surface area contributed by atoms with Crippen LogP contribution in [0.1, 0.15) is 30.1 Å². The van der Waals surface area contributed by atoms with Crippen LogP contribution in [0.3, 0.4) is 0 Å². The van der Waals surface area contributed by atoms with E-state index in [2.05, 4.69) is 10.6 Å². The second-order valence-electron chi connectivity index (χ2n) is 4.76. The van der Waals surface area contributed by atoms with Crippen molar-refractivity contribution in [3.63, 3.8) is 0 Å². The number of hydrogen-bond donors (Lipinski definition) is 2. The van der Waals surface area contributed by atoms with Gasteiger partial charge in [0.15, 0.2) is 5.11 Å². The third kappa shape index (κ3) is 4.99. The van der Waals surface area contributed by atoms with Crippen LogP contribution in [0.2, 0.25) is 0 Å². The van der Waals surface area contributed by atoms with E-state index >= 15 is 0 Å². The Morgan fingerprint density at radius 1 is 1.52 bits per heavy atom. The zero-order valence-corrected chi connectivity index (χ0v) is 12.9. The molecule has 0 aliphatic carbocycles. The van der Waals surface area contributed by atoms with E-state index in [1.807, 2.05) is 13.0 Å². The fourth-order valence-electron chi connectivity index (χ4n) is 2.13. The van der Waals surface area contributed by atoms with Gasteiger partial charge < -0.3 is 14.8 Å². The summed E-state index contributed by atoms with van der Waals surface area (Å²) in [6, 6.07) is 7.01. The van der Waals surface area contributed by atoms with E-state index in [1.165, 1.54) is 0 Å². The Morgan fingerprint density at radius 3 is 3.10 bits per heavy atom. The van der Waals surface area contributed by atoms with Crippen LogP contribution in [0.5, 0.6) is 5.75 Å². The topological polar surface area (TPSA) is 59.6 Å². The lowest BCUT2D eigenvalue weighted by Crippen LogP contribution is -2.42. The van der Waals surface area contributed by atoms with Gasteiger partial charge in [-0.1, -0.05) is 6.07 Å². The van der Waals surface area contributed by atoms with Crippen molar-refractivity contribution in [1.82, 2.24) is 10.6 Å². The summed E-state index contributed by atoms with van der Waals surface area (Å²) in [5, 5.41) is 5.99. The Kier molecular flexibility index (Phi) is 5.95. The van der Waals surface area contributed by atoms with Crippen LogP contribution in [-0.4, -0.2) is 36.9 Å². The van der Waals surface area contributed by atoms with Gasteiger partial charge in [-0.25, -0.2) is 0 Å². The van der Waals surface area contributed by atoms with Crippen LogP contribution in [0.4, 0.5) is 0 Å². The first-order valence-electron chi connectivity index (χ1n) is 7.12. The molecule has 0 saturated carbocycles. The van der Waals surface area contributed by atoms with E-state index < -0.39 is 0 Å². The SMILES string of the molecule is CCOc1cccc(C(=O)NC(=S)NC[C@H]2CCCO2)c1. The monoisotopic (exact) mass is 308 g/mol. The highest BCUT2D eigenvalue weighted by atomic mass is 32.1. The molecule has 1 amide bonds. The highest BCUT2D eigenvalue weighted by Crippen LogP contribution is 2.13. The molecule has 0 radical (unpaired) electrons. The van der Waals surface area contributed by atoms with Gasteiger partial charge in [-0.05, 0) is 50.2 Å². The number of amides is 1. The van der Waals surface area contributed by atoms with Crippen molar-refractivity contribution in [2.24, 2.45) is 0 Å². The summed E-state index contributed by atoms with van der Waals surface area (Å²) in [6.45, 7) is 3.89. The number of thiocarbonyl (C=S) groups is 1. The Morgan fingerprint density at radius 2 is 2.38 bits per heavy atom. The number of benzene rings is 1. The molecule has 1 fully saturated rings. The van der Waals surface area contributed by atoms with Crippen LogP contribution in [-0.2, 0) is 4.74 Å². The van der Waals surface area contributed by atoms with Crippen molar-refractivity contribution in [1.29, 1.82) is 0 Å². The second kappa shape index (κ2) is 7.95. The zero-order valence-electron chi connectivity index (χ0n) is 12.1. The third-order valence-electron chi connectivity index (χ3n) is 3.15. The molecule has 0 unspecified atom stereocenters. The molecule has 2 N–H and O–H groups in total. The standard InChI is InChI=1S/C15H20N2O3S/c1-2-19-12-6-3-5-11(9-12)14(18)17-15(21)16-10-13-7-4-8-20-13/h3,5-6,9,13H,2,4,7-8,10H2,1H3,(H2,16,17,18,21)/t13-/m1/s1. The number of carbonyl (C=O) groups is 1. The molecule has 1 aromatic carbocycles. The summed E-state index contributed by atoms with van der Waals surface area (Å²) in [4.78, 5) is 12.1. The Hall–Kier alpha value is -1.66. The first kappa shape index (κ1) is 15.7. The third-order valence-corrected chi connectivity index (χ3v) is 3.39. The summed E-state index contributed by atoms with van der Waals surface area (Å²) in [6.07, 6.45) is 2.29. The van der Waals surface area contributed by atoms with Crippen LogP contribution in [0, 0.1) is 0 Å². The first-order chi connectivity index (χ1) is 10.2. The predicted octanol–water partition coefficient (Wildman–Crippen LogP) is 1.87. The normalized spacial score (nSPS) is 17.3. The maximum atomic E-state index is 12.1. The van der Waals surface area contributed by atoms with Crippen LogP contribution in [0.25, 0.3) is 0 Å². The van der Waals surface area contributed by atoms with Gasteiger partial charge in [0.2, 0.25) is 0 Å². The summed E-state index contributed by atoms with van der Waals surface area (Å²) >= 11 is 5.12. The number of rotatable bonds is 5. The molecule has 114 valence electrons. The van der Waals surface area contributed by atoms with Crippen LogP contribution >= 0.6 is 12.2 Å². The summed E-state index contributed by atoms with van der Waals surface area (Å²) in [5.41, 5.74) is 0.516. The fraction of sp³-hybridized carbons (Fsp3) is 0.467. The largest absolute Gasteiger partial charge is 0.494 e. The van der Waals surface area contributed by atoms with Gasteiger partial charge in [0.05, 0.1) is 12.7 Å². The van der Waals surface area contributed by atoms with Gasteiger partial charge in [0, 0.05) is 18.7 Å². The van der Waals surface area contributed by atoms with Crippen molar-refractivity contribution in [2.75, 3.05) is 19.8 Å². The highest BCUT2D eigenvalue weighted by molar-refractivity contribution is 7.80. The number of carbonyl (C=O) groups excluding carboxylic acids is 1. The molecule has 6 heteroatoms. The molecule has 1 aliphatic heterocycles. The van der Waals surface area contributed by atoms with E-state index in [0.29, 0.717) is 29.6 Å². The average molecular weight is 308 g/mol. The Bertz CT molecular complexity index is 501. The number of nitrogens with one attached hydrogen (secondary N) is 2. The molecule has 1 aromatic rings. The van der Waals surface area contributed by atoms with Crippen molar-refractivity contribution in [2.45, 2.75) is 25.9 Å². The van der Waals surface area contributed by atoms with Crippen LogP contribution in [0.15, 0.2) is 24.3 Å². The van der Waals surface area contributed by atoms with Crippen LogP contribution < -0.4 is 15.4 Å². The van der Waals surface area contributed by atoms with E-state index in [0.717, 1.165) is 19.4 Å². The smallest absolute Gasteiger partial charge is 0.257 e. The lowest BCUT2D eigenvalue weighted by atomic mass is 10.2. The van der Waals surface area contributed by atoms with Crippen molar-refractivity contribution in [3.05, 3.63) is 29.8 Å². The Balaban J connectivity index is 1.82. The van der Waals surface area contributed by atoms with Crippen molar-refractivity contribution >= 4 is 23.2 Å². The van der Waals surface area contributed by atoms with Crippen molar-refractivity contribution < 1.29 is 14.3 Å². The molecule has 1 aliphatic rings. The maximum Gasteiger partial charge on any atom is 0.257 e. The van der Waals surface area contributed by atoms with E-state index in [-0.39, 0.29) is 12.0 Å². The quantitative estimate of drug-likeness (QED) is 0.813. The summed E-state index contributed by atoms with van der Waals surface area (Å²) in [5.74, 6) is 0.421. The molecular formula is C15H20N2O3S. The van der Waals surface area contributed by atoms with Gasteiger partial charge in [0.25, 0.3) is 5.91 Å². The fourth-order valence-corrected chi connectivity index (χ4v) is 2.30. The molecule has 0 aromatic heterocycles. The van der Waals surface area contributed by atoms with E-state index in [1.54, 1.807) is 18.2 Å². The molecule has 1 atom stereocenters. The van der Waals surface area contributed by atoms with E-state index in [9.17, 15) is 4.79 Å². The molecule has 21 heavy (non-hydrogen) atoms. The molecule has 2 rings (SSSR count). The van der Waals surface area contributed by atoms with Gasteiger partial charge in [0.1, 0.15) is 5.75 Å². The van der Waals surface area contributed by atoms with E-state index in [4.69, 9.17) is 21.7 Å². The minimum atomic E-state index is -0.249. The summed E-state index contributed by atoms with van der Waals surface area (Å²) in [7, 11) is 0. The van der Waals surface area contributed by atoms with Crippen molar-refractivity contribution in [3.8, 4) is 5.75 Å². The zero-order chi connectivity index (χ0) is 15.1. The molecule has 0 bridgehead atoms. The van der Waals surface area contributed by atoms with Gasteiger partial charge in [-0.15, -0.1) is 0 Å².